The predicted octanol–water partition coefficient (Wildman–Crippen LogP) is 4.74. The Morgan fingerprint density at radius 2 is 1.53 bits per heavy atom. The van der Waals surface area contributed by atoms with E-state index in [9.17, 15) is 5.11 Å². The summed E-state index contributed by atoms with van der Waals surface area (Å²) in [6, 6.07) is 30.5. The summed E-state index contributed by atoms with van der Waals surface area (Å²) in [7, 11) is 0. The number of nitrogens with one attached hydrogen (secondary N) is 2. The Morgan fingerprint density at radius 1 is 0.882 bits per heavy atom. The van der Waals surface area contributed by atoms with Crippen molar-refractivity contribution in [3.63, 3.8) is 0 Å². The minimum atomic E-state index is 0.208. The van der Waals surface area contributed by atoms with Crippen molar-refractivity contribution in [2.24, 2.45) is 11.8 Å². The van der Waals surface area contributed by atoms with Crippen LogP contribution < -0.4 is 15.4 Å². The summed E-state index contributed by atoms with van der Waals surface area (Å²) < 4.78 is 6.17. The van der Waals surface area contributed by atoms with Gasteiger partial charge in [-0.25, -0.2) is 0 Å². The average Bonchev–Trinajstić information content (AvgIpc) is 3.64. The van der Waals surface area contributed by atoms with Gasteiger partial charge in [0, 0.05) is 36.7 Å². The quantitative estimate of drug-likeness (QED) is 0.390. The van der Waals surface area contributed by atoms with Crippen LogP contribution in [0.3, 0.4) is 0 Å². The van der Waals surface area contributed by atoms with Gasteiger partial charge in [-0.1, -0.05) is 78.9 Å². The normalized spacial score (nSPS) is 22.2. The molecule has 3 aromatic carbocycles. The molecule has 4 heteroatoms. The highest BCUT2D eigenvalue weighted by Crippen LogP contribution is 2.35. The van der Waals surface area contributed by atoms with Crippen molar-refractivity contribution in [3.05, 3.63) is 102 Å². The number of aliphatic hydroxyl groups excluding tert-OH is 1. The third-order valence-electron chi connectivity index (χ3n) is 7.36. The fraction of sp³-hybridized carbons (Fsp3) is 0.400. The second-order valence-electron chi connectivity index (χ2n) is 9.77. The predicted molar refractivity (Wildman–Crippen MR) is 137 cm³/mol. The molecule has 3 atom stereocenters. The Hall–Kier alpha value is -2.66. The smallest absolute Gasteiger partial charge is 0.123 e. The molecule has 3 aromatic rings. The van der Waals surface area contributed by atoms with Crippen molar-refractivity contribution in [1.82, 2.24) is 10.6 Å². The van der Waals surface area contributed by atoms with Crippen LogP contribution in [-0.2, 0) is 6.54 Å². The highest BCUT2D eigenvalue weighted by atomic mass is 16.5. The number of para-hydroxylation sites is 1. The standard InChI is InChI=1S/C30H36N2O2/c33-18-17-26-20-32-30(28(23-9-3-1-4-10-23)24-11-5-2-6-12-24)29(26)31-19-25-13-7-8-14-27(25)34-21-22-15-16-22/h1-14,22,26,28-33H,15-21H2. The van der Waals surface area contributed by atoms with Gasteiger partial charge in [0.15, 0.2) is 0 Å². The van der Waals surface area contributed by atoms with Gasteiger partial charge in [-0.05, 0) is 54.8 Å². The van der Waals surface area contributed by atoms with Gasteiger partial charge in [0.1, 0.15) is 5.75 Å². The van der Waals surface area contributed by atoms with E-state index in [0.717, 1.165) is 37.8 Å². The second kappa shape index (κ2) is 11.2. The molecule has 0 spiro atoms. The van der Waals surface area contributed by atoms with Gasteiger partial charge < -0.3 is 20.5 Å². The van der Waals surface area contributed by atoms with E-state index in [0.29, 0.717) is 5.92 Å². The lowest BCUT2D eigenvalue weighted by molar-refractivity contribution is 0.240. The Morgan fingerprint density at radius 3 is 2.18 bits per heavy atom. The van der Waals surface area contributed by atoms with E-state index >= 15 is 0 Å². The van der Waals surface area contributed by atoms with E-state index in [4.69, 9.17) is 4.74 Å². The third kappa shape index (κ3) is 5.52. The van der Waals surface area contributed by atoms with Crippen molar-refractivity contribution >= 4 is 0 Å². The van der Waals surface area contributed by atoms with Crippen molar-refractivity contribution in [2.75, 3.05) is 19.8 Å². The van der Waals surface area contributed by atoms with Gasteiger partial charge in [0.05, 0.1) is 6.61 Å². The monoisotopic (exact) mass is 456 g/mol. The summed E-state index contributed by atoms with van der Waals surface area (Å²) in [6.07, 6.45) is 3.37. The average molecular weight is 457 g/mol. The lowest BCUT2D eigenvalue weighted by Crippen LogP contribution is -2.46. The lowest BCUT2D eigenvalue weighted by atomic mass is 9.80. The molecular formula is C30H36N2O2. The maximum absolute atomic E-state index is 9.79. The van der Waals surface area contributed by atoms with E-state index in [1.54, 1.807) is 0 Å². The molecular weight excluding hydrogens is 420 g/mol. The van der Waals surface area contributed by atoms with E-state index < -0.39 is 0 Å². The maximum Gasteiger partial charge on any atom is 0.123 e. The van der Waals surface area contributed by atoms with Crippen molar-refractivity contribution in [1.29, 1.82) is 0 Å². The molecule has 1 aliphatic carbocycles. The Labute approximate surface area is 203 Å². The van der Waals surface area contributed by atoms with E-state index in [2.05, 4.69) is 95.6 Å². The first-order valence-corrected chi connectivity index (χ1v) is 12.7. The zero-order chi connectivity index (χ0) is 23.2. The summed E-state index contributed by atoms with van der Waals surface area (Å²) >= 11 is 0. The first-order chi connectivity index (χ1) is 16.8. The fourth-order valence-electron chi connectivity index (χ4n) is 5.34. The highest BCUT2D eigenvalue weighted by Gasteiger charge is 2.40. The summed E-state index contributed by atoms with van der Waals surface area (Å²) in [6.45, 7) is 2.68. The lowest BCUT2D eigenvalue weighted by Gasteiger charge is -2.32. The van der Waals surface area contributed by atoms with Gasteiger partial charge in [-0.3, -0.25) is 0 Å². The largest absolute Gasteiger partial charge is 0.493 e. The van der Waals surface area contributed by atoms with Gasteiger partial charge in [0.2, 0.25) is 0 Å². The molecule has 0 aromatic heterocycles. The number of rotatable bonds is 11. The first-order valence-electron chi connectivity index (χ1n) is 12.7. The number of ether oxygens (including phenoxy) is 1. The molecule has 3 unspecified atom stereocenters. The van der Waals surface area contributed by atoms with Crippen LogP contribution in [0.5, 0.6) is 5.75 Å². The van der Waals surface area contributed by atoms with E-state index in [-0.39, 0.29) is 24.6 Å². The molecule has 178 valence electrons. The van der Waals surface area contributed by atoms with E-state index in [1.807, 2.05) is 0 Å². The third-order valence-corrected chi connectivity index (χ3v) is 7.36. The van der Waals surface area contributed by atoms with Gasteiger partial charge in [0.25, 0.3) is 0 Å². The molecule has 0 bridgehead atoms. The van der Waals surface area contributed by atoms with Gasteiger partial charge >= 0.3 is 0 Å². The first kappa shape index (κ1) is 23.1. The van der Waals surface area contributed by atoms with Crippen LogP contribution in [0.1, 0.15) is 41.9 Å². The van der Waals surface area contributed by atoms with Crippen molar-refractivity contribution < 1.29 is 9.84 Å². The zero-order valence-electron chi connectivity index (χ0n) is 19.8. The van der Waals surface area contributed by atoms with Crippen LogP contribution in [0.2, 0.25) is 0 Å². The molecule has 2 aliphatic rings. The minimum absolute atomic E-state index is 0.208. The number of benzene rings is 3. The molecule has 0 radical (unpaired) electrons. The molecule has 4 nitrogen and oxygen atoms in total. The summed E-state index contributed by atoms with van der Waals surface area (Å²) in [5.41, 5.74) is 3.83. The molecule has 1 saturated carbocycles. The Balaban J connectivity index is 1.39. The summed E-state index contributed by atoms with van der Waals surface area (Å²) in [4.78, 5) is 0. The topological polar surface area (TPSA) is 53.5 Å². The van der Waals surface area contributed by atoms with Crippen LogP contribution in [0.25, 0.3) is 0 Å². The molecule has 5 rings (SSSR count). The van der Waals surface area contributed by atoms with Crippen LogP contribution in [0, 0.1) is 11.8 Å². The van der Waals surface area contributed by atoms with E-state index in [1.165, 1.54) is 29.5 Å². The summed E-state index contributed by atoms with van der Waals surface area (Å²) in [5.74, 6) is 2.32. The molecule has 1 heterocycles. The Kier molecular flexibility index (Phi) is 7.59. The summed E-state index contributed by atoms with van der Waals surface area (Å²) in [5, 5.41) is 17.5. The van der Waals surface area contributed by atoms with Crippen LogP contribution in [-0.4, -0.2) is 36.9 Å². The zero-order valence-corrected chi connectivity index (χ0v) is 19.8. The SMILES string of the molecule is OCCC1CNC(C(c2ccccc2)c2ccccc2)C1NCc1ccccc1OCC1CC1. The van der Waals surface area contributed by atoms with Gasteiger partial charge in [-0.2, -0.15) is 0 Å². The fourth-order valence-corrected chi connectivity index (χ4v) is 5.34. The Bertz CT molecular complexity index is 983. The molecule has 1 aliphatic heterocycles. The molecule has 2 fully saturated rings. The molecule has 3 N–H and O–H groups in total. The molecule has 0 amide bonds. The number of hydrogen-bond acceptors (Lipinski definition) is 4. The molecule has 1 saturated heterocycles. The number of aliphatic hydroxyl groups is 1. The van der Waals surface area contributed by atoms with Crippen molar-refractivity contribution in [2.45, 2.75) is 43.8 Å². The minimum Gasteiger partial charge on any atom is -0.493 e. The maximum atomic E-state index is 9.79. The van der Waals surface area contributed by atoms with Gasteiger partial charge in [-0.15, -0.1) is 0 Å². The van der Waals surface area contributed by atoms with Crippen LogP contribution >= 0.6 is 0 Å². The van der Waals surface area contributed by atoms with Crippen LogP contribution in [0.15, 0.2) is 84.9 Å². The highest BCUT2D eigenvalue weighted by molar-refractivity contribution is 5.37. The molecule has 34 heavy (non-hydrogen) atoms. The van der Waals surface area contributed by atoms with Crippen molar-refractivity contribution in [3.8, 4) is 5.75 Å². The van der Waals surface area contributed by atoms with Crippen LogP contribution in [0.4, 0.5) is 0 Å². The number of hydrogen-bond donors (Lipinski definition) is 3. The second-order valence-corrected chi connectivity index (χ2v) is 9.77.